The van der Waals surface area contributed by atoms with E-state index < -0.39 is 28.7 Å². The van der Waals surface area contributed by atoms with Crippen LogP contribution in [-0.2, 0) is 9.59 Å². The average Bonchev–Trinajstić information content (AvgIpc) is 2.91. The Bertz CT molecular complexity index is 974. The minimum Gasteiger partial charge on any atom is -0.387 e. The molecule has 6 heteroatoms. The Morgan fingerprint density at radius 2 is 1.00 bits per heavy atom. The Labute approximate surface area is 241 Å². The molecule has 0 unspecified atom stereocenters. The molecule has 1 aliphatic carbocycles. The second kappa shape index (κ2) is 14.3. The van der Waals surface area contributed by atoms with E-state index in [2.05, 4.69) is 10.6 Å². The zero-order valence-electron chi connectivity index (χ0n) is 24.9. The van der Waals surface area contributed by atoms with Crippen LogP contribution in [0.2, 0.25) is 0 Å². The lowest BCUT2D eigenvalue weighted by atomic mass is 9.66. The molecule has 1 aliphatic rings. The van der Waals surface area contributed by atoms with Crippen LogP contribution in [0.3, 0.4) is 0 Å². The molecule has 1 saturated carbocycles. The standard InChI is InChI=1S/C34H50N2O4/c1-5-20-33(39,21-6-2)28(26-16-11-9-12-17-26)35-30(37)32(24-15-25-32)31(38)36-29(27-18-13-10-14-19-27)34(40,22-7-3)23-8-4/h9-14,16-19,28-29,39-40H,5-8,15,20-25H2,1-4H3,(H,35,37)(H,36,38)/t28-,29-/m1/s1. The molecule has 2 aromatic rings. The van der Waals surface area contributed by atoms with Crippen molar-refractivity contribution in [1.29, 1.82) is 0 Å². The third kappa shape index (κ3) is 6.95. The van der Waals surface area contributed by atoms with E-state index in [0.29, 0.717) is 38.5 Å². The van der Waals surface area contributed by atoms with Crippen LogP contribution in [0, 0.1) is 5.41 Å². The number of carbonyl (C=O) groups is 2. The summed E-state index contributed by atoms with van der Waals surface area (Å²) >= 11 is 0. The van der Waals surface area contributed by atoms with E-state index in [4.69, 9.17) is 0 Å². The first-order valence-electron chi connectivity index (χ1n) is 15.4. The average molecular weight is 551 g/mol. The lowest BCUT2D eigenvalue weighted by Crippen LogP contribution is -2.60. The summed E-state index contributed by atoms with van der Waals surface area (Å²) in [6, 6.07) is 17.9. The van der Waals surface area contributed by atoms with E-state index in [-0.39, 0.29) is 11.8 Å². The van der Waals surface area contributed by atoms with Crippen molar-refractivity contribution in [2.45, 2.75) is 122 Å². The van der Waals surface area contributed by atoms with Gasteiger partial charge in [-0.3, -0.25) is 9.59 Å². The fourth-order valence-electron chi connectivity index (χ4n) is 6.53. The quantitative estimate of drug-likeness (QED) is 0.179. The molecule has 0 bridgehead atoms. The van der Waals surface area contributed by atoms with Crippen molar-refractivity contribution >= 4 is 11.8 Å². The van der Waals surface area contributed by atoms with E-state index >= 15 is 0 Å². The van der Waals surface area contributed by atoms with Gasteiger partial charge in [0.25, 0.3) is 0 Å². The molecule has 0 aromatic heterocycles. The molecule has 0 saturated heterocycles. The smallest absolute Gasteiger partial charge is 0.236 e. The third-order valence-electron chi connectivity index (χ3n) is 8.70. The Hall–Kier alpha value is -2.70. The predicted octanol–water partition coefficient (Wildman–Crippen LogP) is 6.53. The lowest BCUT2D eigenvalue weighted by Gasteiger charge is -2.45. The van der Waals surface area contributed by atoms with Gasteiger partial charge in [-0.25, -0.2) is 0 Å². The lowest BCUT2D eigenvalue weighted by molar-refractivity contribution is -0.154. The molecule has 3 rings (SSSR count). The number of nitrogens with one attached hydrogen (secondary N) is 2. The van der Waals surface area contributed by atoms with Crippen LogP contribution in [0.5, 0.6) is 0 Å². The maximum atomic E-state index is 14.1. The monoisotopic (exact) mass is 550 g/mol. The van der Waals surface area contributed by atoms with Gasteiger partial charge in [0.05, 0.1) is 23.3 Å². The first-order chi connectivity index (χ1) is 19.2. The van der Waals surface area contributed by atoms with Crippen molar-refractivity contribution in [2.75, 3.05) is 0 Å². The third-order valence-corrected chi connectivity index (χ3v) is 8.70. The molecule has 0 spiro atoms. The van der Waals surface area contributed by atoms with E-state index in [1.165, 1.54) is 0 Å². The van der Waals surface area contributed by atoms with Crippen LogP contribution in [0.25, 0.3) is 0 Å². The van der Waals surface area contributed by atoms with Gasteiger partial charge in [-0.05, 0) is 49.7 Å². The molecule has 0 radical (unpaired) electrons. The Morgan fingerprint density at radius 1 is 0.675 bits per heavy atom. The molecule has 4 N–H and O–H groups in total. The van der Waals surface area contributed by atoms with Gasteiger partial charge in [-0.2, -0.15) is 0 Å². The van der Waals surface area contributed by atoms with Gasteiger partial charge in [0, 0.05) is 0 Å². The highest BCUT2D eigenvalue weighted by atomic mass is 16.3. The summed E-state index contributed by atoms with van der Waals surface area (Å²) in [6.45, 7) is 8.12. The van der Waals surface area contributed by atoms with Gasteiger partial charge in [0.15, 0.2) is 0 Å². The summed E-state index contributed by atoms with van der Waals surface area (Å²) in [5, 5.41) is 30.0. The fraction of sp³-hybridized carbons (Fsp3) is 0.588. The highest BCUT2D eigenvalue weighted by molar-refractivity contribution is 6.06. The number of amides is 2. The van der Waals surface area contributed by atoms with Gasteiger partial charge in [0.2, 0.25) is 11.8 Å². The molecule has 0 heterocycles. The first-order valence-corrected chi connectivity index (χ1v) is 15.4. The van der Waals surface area contributed by atoms with Crippen LogP contribution in [-0.4, -0.2) is 33.2 Å². The maximum Gasteiger partial charge on any atom is 0.236 e. The minimum atomic E-state index is -1.24. The molecule has 2 aromatic carbocycles. The van der Waals surface area contributed by atoms with E-state index in [1.54, 1.807) is 0 Å². The fourth-order valence-corrected chi connectivity index (χ4v) is 6.53. The van der Waals surface area contributed by atoms with Crippen molar-refractivity contribution < 1.29 is 19.8 Å². The topological polar surface area (TPSA) is 98.7 Å². The predicted molar refractivity (Wildman–Crippen MR) is 160 cm³/mol. The number of rotatable bonds is 16. The maximum absolute atomic E-state index is 14.1. The number of aliphatic hydroxyl groups is 2. The van der Waals surface area contributed by atoms with Crippen molar-refractivity contribution in [1.82, 2.24) is 10.6 Å². The number of hydrogen-bond acceptors (Lipinski definition) is 4. The van der Waals surface area contributed by atoms with Crippen LogP contribution in [0.15, 0.2) is 60.7 Å². The molecular weight excluding hydrogens is 500 g/mol. The Kier molecular flexibility index (Phi) is 11.4. The molecular formula is C34H50N2O4. The molecule has 0 aliphatic heterocycles. The van der Waals surface area contributed by atoms with Crippen LogP contribution < -0.4 is 10.6 Å². The van der Waals surface area contributed by atoms with Crippen molar-refractivity contribution in [3.8, 4) is 0 Å². The highest BCUT2D eigenvalue weighted by Gasteiger charge is 2.54. The van der Waals surface area contributed by atoms with Gasteiger partial charge in [-0.1, -0.05) is 120 Å². The van der Waals surface area contributed by atoms with Crippen LogP contribution in [0.1, 0.15) is 122 Å². The van der Waals surface area contributed by atoms with Crippen molar-refractivity contribution in [3.05, 3.63) is 71.8 Å². The summed E-state index contributed by atoms with van der Waals surface area (Å²) in [5.41, 5.74) is -1.83. The summed E-state index contributed by atoms with van der Waals surface area (Å²) in [5.74, 6) is -0.700. The minimum absolute atomic E-state index is 0.350. The largest absolute Gasteiger partial charge is 0.387 e. The Morgan fingerprint density at radius 3 is 1.25 bits per heavy atom. The summed E-state index contributed by atoms with van der Waals surface area (Å²) in [4.78, 5) is 28.2. The second-order valence-corrected chi connectivity index (χ2v) is 11.8. The summed E-state index contributed by atoms with van der Waals surface area (Å²) in [7, 11) is 0. The molecule has 220 valence electrons. The first kappa shape index (κ1) is 31.8. The zero-order valence-corrected chi connectivity index (χ0v) is 24.9. The Balaban J connectivity index is 1.95. The molecule has 40 heavy (non-hydrogen) atoms. The molecule has 2 amide bonds. The zero-order chi connectivity index (χ0) is 29.2. The molecule has 6 nitrogen and oxygen atoms in total. The number of hydrogen-bond donors (Lipinski definition) is 4. The number of benzene rings is 2. The SMILES string of the molecule is CCCC(O)(CCC)[C@H](NC(=O)C1(C(=O)N[C@H](c2ccccc2)C(O)(CCC)CCC)CCC1)c1ccccc1. The van der Waals surface area contributed by atoms with E-state index in [1.807, 2.05) is 88.4 Å². The van der Waals surface area contributed by atoms with Crippen molar-refractivity contribution in [3.63, 3.8) is 0 Å². The normalized spacial score (nSPS) is 16.4. The van der Waals surface area contributed by atoms with Crippen LogP contribution in [0.4, 0.5) is 0 Å². The van der Waals surface area contributed by atoms with E-state index in [9.17, 15) is 19.8 Å². The summed E-state index contributed by atoms with van der Waals surface area (Å²) in [6.07, 6.45) is 6.89. The van der Waals surface area contributed by atoms with Gasteiger partial charge in [-0.15, -0.1) is 0 Å². The molecule has 2 atom stereocenters. The second-order valence-electron chi connectivity index (χ2n) is 11.8. The highest BCUT2D eigenvalue weighted by Crippen LogP contribution is 2.45. The van der Waals surface area contributed by atoms with Crippen molar-refractivity contribution in [2.24, 2.45) is 5.41 Å². The van der Waals surface area contributed by atoms with E-state index in [0.717, 1.165) is 43.2 Å². The van der Waals surface area contributed by atoms with Gasteiger partial charge >= 0.3 is 0 Å². The summed E-state index contributed by atoms with van der Waals surface area (Å²) < 4.78 is 0. The number of carbonyl (C=O) groups excluding carboxylic acids is 2. The van der Waals surface area contributed by atoms with Crippen LogP contribution >= 0.6 is 0 Å². The molecule has 1 fully saturated rings. The van der Waals surface area contributed by atoms with Gasteiger partial charge in [0.1, 0.15) is 5.41 Å². The van der Waals surface area contributed by atoms with Gasteiger partial charge < -0.3 is 20.8 Å².